The number of hydrogen-bond acceptors (Lipinski definition) is 5. The third-order valence-electron chi connectivity index (χ3n) is 2.87. The number of aryl methyl sites for hydroxylation is 1. The van der Waals surface area contributed by atoms with Crippen LogP contribution in [0.25, 0.3) is 5.69 Å². The molecule has 1 aromatic heterocycles. The van der Waals surface area contributed by atoms with Crippen molar-refractivity contribution >= 4 is 12.0 Å². The normalized spacial score (nSPS) is 10.4. The number of nitro groups is 1. The Hall–Kier alpha value is -2.57. The third-order valence-corrected chi connectivity index (χ3v) is 2.87. The Labute approximate surface area is 109 Å². The lowest BCUT2D eigenvalue weighted by Gasteiger charge is -2.08. The second-order valence-electron chi connectivity index (χ2n) is 4.03. The number of carbonyl (C=O) groups excluding carboxylic acids is 1. The zero-order valence-corrected chi connectivity index (χ0v) is 10.5. The maximum Gasteiger partial charge on any atom is 0.271 e. The van der Waals surface area contributed by atoms with Crippen LogP contribution < -0.4 is 0 Å². The summed E-state index contributed by atoms with van der Waals surface area (Å²) in [5.41, 5.74) is 2.26. The maximum absolute atomic E-state index is 10.9. The lowest BCUT2D eigenvalue weighted by molar-refractivity contribution is -0.384. The van der Waals surface area contributed by atoms with E-state index < -0.39 is 4.92 Å². The first-order chi connectivity index (χ1) is 9.08. The highest BCUT2D eigenvalue weighted by Crippen LogP contribution is 2.22. The molecule has 0 saturated carbocycles. The molecular weight excluding hydrogens is 248 g/mol. The Kier molecular flexibility index (Phi) is 3.37. The van der Waals surface area contributed by atoms with Crippen LogP contribution in [-0.4, -0.2) is 26.2 Å². The van der Waals surface area contributed by atoms with Gasteiger partial charge in [-0.25, -0.2) is 4.68 Å². The lowest BCUT2D eigenvalue weighted by Crippen LogP contribution is -2.05. The number of non-ortho nitro benzene ring substituents is 1. The third kappa shape index (κ3) is 2.22. The molecule has 98 valence electrons. The first kappa shape index (κ1) is 12.9. The van der Waals surface area contributed by atoms with Crippen molar-refractivity contribution < 1.29 is 9.72 Å². The van der Waals surface area contributed by atoms with E-state index in [0.717, 1.165) is 5.56 Å². The lowest BCUT2D eigenvalue weighted by atomic mass is 10.1. The molecule has 0 aliphatic heterocycles. The summed E-state index contributed by atoms with van der Waals surface area (Å²) < 4.78 is 1.48. The molecule has 0 radical (unpaired) electrons. The summed E-state index contributed by atoms with van der Waals surface area (Å²) in [7, 11) is 0. The van der Waals surface area contributed by atoms with E-state index in [-0.39, 0.29) is 11.4 Å². The summed E-state index contributed by atoms with van der Waals surface area (Å²) in [6, 6.07) is 4.51. The molecule has 7 nitrogen and oxygen atoms in total. The van der Waals surface area contributed by atoms with Gasteiger partial charge in [-0.1, -0.05) is 18.2 Å². The smallest absolute Gasteiger partial charge is 0.271 e. The Morgan fingerprint density at radius 1 is 1.47 bits per heavy atom. The quantitative estimate of drug-likeness (QED) is 0.475. The second-order valence-corrected chi connectivity index (χ2v) is 4.03. The van der Waals surface area contributed by atoms with Gasteiger partial charge >= 0.3 is 0 Å². The van der Waals surface area contributed by atoms with Crippen molar-refractivity contribution in [1.29, 1.82) is 0 Å². The van der Waals surface area contributed by atoms with Crippen LogP contribution in [0.3, 0.4) is 0 Å². The zero-order valence-electron chi connectivity index (χ0n) is 10.5. The Balaban J connectivity index is 2.64. The van der Waals surface area contributed by atoms with Crippen LogP contribution >= 0.6 is 0 Å². The molecule has 0 unspecified atom stereocenters. The Morgan fingerprint density at radius 3 is 2.79 bits per heavy atom. The van der Waals surface area contributed by atoms with Crippen molar-refractivity contribution in [2.24, 2.45) is 0 Å². The van der Waals surface area contributed by atoms with Crippen molar-refractivity contribution in [1.82, 2.24) is 15.0 Å². The van der Waals surface area contributed by atoms with E-state index in [1.54, 1.807) is 6.07 Å². The number of carbonyl (C=O) groups is 1. The van der Waals surface area contributed by atoms with Crippen LogP contribution in [0.15, 0.2) is 18.2 Å². The largest absolute Gasteiger partial charge is 0.296 e. The highest BCUT2D eigenvalue weighted by Gasteiger charge is 2.16. The fourth-order valence-corrected chi connectivity index (χ4v) is 1.87. The van der Waals surface area contributed by atoms with Gasteiger partial charge in [0, 0.05) is 12.1 Å². The summed E-state index contributed by atoms with van der Waals surface area (Å²) in [6.45, 7) is 3.69. The van der Waals surface area contributed by atoms with Crippen LogP contribution in [0.4, 0.5) is 5.69 Å². The zero-order chi connectivity index (χ0) is 14.0. The number of aromatic nitrogens is 3. The van der Waals surface area contributed by atoms with Crippen LogP contribution in [0.1, 0.15) is 28.7 Å². The molecule has 0 atom stereocenters. The molecule has 2 rings (SSSR count). The standard InChI is InChI=1S/C12H12N4O3/c1-3-11-10(7-17)13-14-15(11)12-6-9(16(18)19)5-4-8(12)2/h4-7H,3H2,1-2H3. The molecule has 0 fully saturated rings. The van der Waals surface area contributed by atoms with Crippen molar-refractivity contribution in [2.75, 3.05) is 0 Å². The summed E-state index contributed by atoms with van der Waals surface area (Å²) in [4.78, 5) is 21.2. The van der Waals surface area contributed by atoms with Gasteiger partial charge in [0.25, 0.3) is 5.69 Å². The number of nitro benzene ring substituents is 1. The van der Waals surface area contributed by atoms with Gasteiger partial charge < -0.3 is 0 Å². The van der Waals surface area contributed by atoms with Crippen molar-refractivity contribution in [2.45, 2.75) is 20.3 Å². The van der Waals surface area contributed by atoms with E-state index >= 15 is 0 Å². The number of rotatable bonds is 4. The van der Waals surface area contributed by atoms with Gasteiger partial charge in [-0.05, 0) is 18.9 Å². The van der Waals surface area contributed by atoms with Crippen LogP contribution in [0, 0.1) is 17.0 Å². The van der Waals surface area contributed by atoms with Crippen molar-refractivity contribution in [3.63, 3.8) is 0 Å². The fourth-order valence-electron chi connectivity index (χ4n) is 1.87. The predicted octanol–water partition coefficient (Wildman–Crippen LogP) is 1.86. The molecule has 0 spiro atoms. The van der Waals surface area contributed by atoms with Gasteiger partial charge in [-0.15, -0.1) is 5.10 Å². The number of benzene rings is 1. The molecule has 7 heteroatoms. The monoisotopic (exact) mass is 260 g/mol. The predicted molar refractivity (Wildman–Crippen MR) is 67.5 cm³/mol. The molecule has 19 heavy (non-hydrogen) atoms. The molecule has 1 aromatic carbocycles. The molecule has 0 bridgehead atoms. The van der Waals surface area contributed by atoms with E-state index in [2.05, 4.69) is 10.3 Å². The number of aldehydes is 1. The maximum atomic E-state index is 10.9. The van der Waals surface area contributed by atoms with Gasteiger partial charge in [0.1, 0.15) is 5.69 Å². The summed E-state index contributed by atoms with van der Waals surface area (Å²) >= 11 is 0. The molecule has 0 aliphatic carbocycles. The minimum atomic E-state index is -0.466. The summed E-state index contributed by atoms with van der Waals surface area (Å²) in [5, 5.41) is 18.5. The molecule has 0 saturated heterocycles. The van der Waals surface area contributed by atoms with E-state index in [1.165, 1.54) is 16.8 Å². The molecule has 0 amide bonds. The van der Waals surface area contributed by atoms with Gasteiger partial charge in [-0.2, -0.15) is 0 Å². The average Bonchev–Trinajstić information content (AvgIpc) is 2.81. The van der Waals surface area contributed by atoms with Crippen LogP contribution in [0.2, 0.25) is 0 Å². The second kappa shape index (κ2) is 4.97. The topological polar surface area (TPSA) is 90.9 Å². The van der Waals surface area contributed by atoms with E-state index in [0.29, 0.717) is 24.1 Å². The molecular formula is C12H12N4O3. The first-order valence-electron chi connectivity index (χ1n) is 5.73. The SMILES string of the molecule is CCc1c(C=O)nnn1-c1cc([N+](=O)[O-])ccc1C. The summed E-state index contributed by atoms with van der Waals surface area (Å²) in [6.07, 6.45) is 1.19. The average molecular weight is 260 g/mol. The Bertz CT molecular complexity index is 648. The Morgan fingerprint density at radius 2 is 2.21 bits per heavy atom. The number of hydrogen-bond donors (Lipinski definition) is 0. The van der Waals surface area contributed by atoms with Gasteiger partial charge in [0.15, 0.2) is 6.29 Å². The van der Waals surface area contributed by atoms with Gasteiger partial charge in [0.05, 0.1) is 16.3 Å². The molecule has 2 aromatic rings. The van der Waals surface area contributed by atoms with Crippen molar-refractivity contribution in [3.8, 4) is 5.69 Å². The highest BCUT2D eigenvalue weighted by molar-refractivity contribution is 5.73. The van der Waals surface area contributed by atoms with Crippen LogP contribution in [0.5, 0.6) is 0 Å². The summed E-state index contributed by atoms with van der Waals surface area (Å²) in [5.74, 6) is 0. The fraction of sp³-hybridized carbons (Fsp3) is 0.250. The van der Waals surface area contributed by atoms with Crippen molar-refractivity contribution in [3.05, 3.63) is 45.3 Å². The molecule has 0 aliphatic rings. The van der Waals surface area contributed by atoms with Crippen LogP contribution in [-0.2, 0) is 6.42 Å². The van der Waals surface area contributed by atoms with E-state index in [4.69, 9.17) is 0 Å². The van der Waals surface area contributed by atoms with Gasteiger partial charge in [-0.3, -0.25) is 14.9 Å². The van der Waals surface area contributed by atoms with E-state index in [1.807, 2.05) is 13.8 Å². The highest BCUT2D eigenvalue weighted by atomic mass is 16.6. The number of nitrogens with zero attached hydrogens (tertiary/aromatic N) is 4. The van der Waals surface area contributed by atoms with Gasteiger partial charge in [0.2, 0.25) is 0 Å². The minimum absolute atomic E-state index is 0.0224. The minimum Gasteiger partial charge on any atom is -0.296 e. The van der Waals surface area contributed by atoms with E-state index in [9.17, 15) is 14.9 Å². The molecule has 0 N–H and O–H groups in total. The first-order valence-corrected chi connectivity index (χ1v) is 5.73. The molecule has 1 heterocycles.